The smallest absolute Gasteiger partial charge is 0.329 e. The molecular weight excluding hydrogens is 265 g/mol. The van der Waals surface area contributed by atoms with Crippen molar-refractivity contribution in [3.8, 4) is 0 Å². The lowest BCUT2D eigenvalue weighted by molar-refractivity contribution is -0.137. The van der Waals surface area contributed by atoms with E-state index in [1.165, 1.54) is 12.8 Å². The number of rotatable bonds is 4. The highest BCUT2D eigenvalue weighted by Crippen LogP contribution is 2.35. The fourth-order valence-corrected chi connectivity index (χ4v) is 3.02. The van der Waals surface area contributed by atoms with Crippen LogP contribution >= 0.6 is 0 Å². The van der Waals surface area contributed by atoms with Gasteiger partial charge in [0.15, 0.2) is 0 Å². The number of nitrogens with zero attached hydrogens (tertiary/aromatic N) is 1. The molecule has 0 aromatic heterocycles. The van der Waals surface area contributed by atoms with E-state index in [1.54, 1.807) is 12.1 Å². The molecule has 2 N–H and O–H groups in total. The Labute approximate surface area is 117 Å². The highest BCUT2D eigenvalue weighted by atomic mass is 19.4. The summed E-state index contributed by atoms with van der Waals surface area (Å²) >= 11 is 0. The normalized spacial score (nSPS) is 18.7. The van der Waals surface area contributed by atoms with Crippen molar-refractivity contribution >= 4 is 0 Å². The van der Waals surface area contributed by atoms with E-state index in [0.29, 0.717) is 13.1 Å². The van der Waals surface area contributed by atoms with Gasteiger partial charge in [-0.25, -0.2) is 0 Å². The quantitative estimate of drug-likeness (QED) is 0.919. The van der Waals surface area contributed by atoms with Gasteiger partial charge in [0, 0.05) is 18.6 Å². The second-order valence-corrected chi connectivity index (χ2v) is 5.69. The van der Waals surface area contributed by atoms with Gasteiger partial charge in [-0.3, -0.25) is 4.90 Å². The number of halogens is 3. The van der Waals surface area contributed by atoms with Gasteiger partial charge in [0.25, 0.3) is 0 Å². The van der Waals surface area contributed by atoms with E-state index in [0.717, 1.165) is 30.5 Å². The van der Waals surface area contributed by atoms with Crippen molar-refractivity contribution in [3.63, 3.8) is 0 Å². The average Bonchev–Trinajstić information content (AvgIpc) is 2.88. The molecule has 5 heteroatoms. The van der Waals surface area contributed by atoms with Crippen LogP contribution in [-0.4, -0.2) is 24.0 Å². The Bertz CT molecular complexity index is 433. The molecule has 1 aromatic carbocycles. The summed E-state index contributed by atoms with van der Waals surface area (Å²) in [6.45, 7) is 1.24. The molecular formula is C15H21F3N2. The molecule has 20 heavy (non-hydrogen) atoms. The van der Waals surface area contributed by atoms with E-state index in [2.05, 4.69) is 4.90 Å². The molecule has 112 valence electrons. The molecule has 1 saturated carbocycles. The van der Waals surface area contributed by atoms with Crippen LogP contribution in [0.1, 0.15) is 36.8 Å². The third-order valence-electron chi connectivity index (χ3n) is 4.42. The SMILES string of the molecule is CN(Cc1ccc(C(F)(F)F)cc1)C1(CN)CCCC1. The van der Waals surface area contributed by atoms with E-state index in [4.69, 9.17) is 5.73 Å². The van der Waals surface area contributed by atoms with Crippen LogP contribution in [0.4, 0.5) is 13.2 Å². The summed E-state index contributed by atoms with van der Waals surface area (Å²) in [5.41, 5.74) is 6.22. The van der Waals surface area contributed by atoms with Gasteiger partial charge in [-0.1, -0.05) is 25.0 Å². The van der Waals surface area contributed by atoms with Crippen molar-refractivity contribution in [2.75, 3.05) is 13.6 Å². The van der Waals surface area contributed by atoms with Crippen LogP contribution in [0.2, 0.25) is 0 Å². The minimum Gasteiger partial charge on any atom is -0.329 e. The maximum Gasteiger partial charge on any atom is 0.416 e. The molecule has 0 saturated heterocycles. The van der Waals surface area contributed by atoms with Gasteiger partial charge in [0.1, 0.15) is 0 Å². The topological polar surface area (TPSA) is 29.3 Å². The van der Waals surface area contributed by atoms with Crippen LogP contribution in [0.25, 0.3) is 0 Å². The molecule has 2 rings (SSSR count). The molecule has 1 aliphatic carbocycles. The Morgan fingerprint density at radius 2 is 1.70 bits per heavy atom. The summed E-state index contributed by atoms with van der Waals surface area (Å²) < 4.78 is 37.5. The largest absolute Gasteiger partial charge is 0.416 e. The number of hydrogen-bond donors (Lipinski definition) is 1. The Morgan fingerprint density at radius 3 is 2.15 bits per heavy atom. The molecule has 0 bridgehead atoms. The second kappa shape index (κ2) is 5.74. The van der Waals surface area contributed by atoms with E-state index in [-0.39, 0.29) is 5.54 Å². The number of benzene rings is 1. The molecule has 0 radical (unpaired) electrons. The zero-order chi connectivity index (χ0) is 14.8. The number of likely N-dealkylation sites (N-methyl/N-ethyl adjacent to an activating group) is 1. The average molecular weight is 286 g/mol. The van der Waals surface area contributed by atoms with Crippen molar-refractivity contribution < 1.29 is 13.2 Å². The first-order chi connectivity index (χ1) is 9.37. The first-order valence-electron chi connectivity index (χ1n) is 6.95. The third-order valence-corrected chi connectivity index (χ3v) is 4.42. The lowest BCUT2D eigenvalue weighted by Gasteiger charge is -2.38. The third kappa shape index (κ3) is 3.15. The Balaban J connectivity index is 2.06. The molecule has 0 atom stereocenters. The van der Waals surface area contributed by atoms with Crippen LogP contribution in [0.15, 0.2) is 24.3 Å². The lowest BCUT2D eigenvalue weighted by atomic mass is 9.95. The van der Waals surface area contributed by atoms with Crippen LogP contribution in [0.5, 0.6) is 0 Å². The van der Waals surface area contributed by atoms with Gasteiger partial charge in [-0.15, -0.1) is 0 Å². The molecule has 0 spiro atoms. The molecule has 1 fully saturated rings. The first kappa shape index (κ1) is 15.3. The molecule has 2 nitrogen and oxygen atoms in total. The lowest BCUT2D eigenvalue weighted by Crippen LogP contribution is -2.49. The van der Waals surface area contributed by atoms with Gasteiger partial charge in [0.2, 0.25) is 0 Å². The molecule has 0 aliphatic heterocycles. The van der Waals surface area contributed by atoms with E-state index in [9.17, 15) is 13.2 Å². The van der Waals surface area contributed by atoms with E-state index < -0.39 is 11.7 Å². The van der Waals surface area contributed by atoms with Crippen molar-refractivity contribution in [3.05, 3.63) is 35.4 Å². The maximum absolute atomic E-state index is 12.5. The van der Waals surface area contributed by atoms with Gasteiger partial charge in [0.05, 0.1) is 5.56 Å². The summed E-state index contributed by atoms with van der Waals surface area (Å²) in [7, 11) is 2.01. The van der Waals surface area contributed by atoms with E-state index in [1.807, 2.05) is 7.05 Å². The second-order valence-electron chi connectivity index (χ2n) is 5.69. The first-order valence-corrected chi connectivity index (χ1v) is 6.95. The molecule has 0 unspecified atom stereocenters. The van der Waals surface area contributed by atoms with Gasteiger partial charge in [-0.05, 0) is 37.6 Å². The monoisotopic (exact) mass is 286 g/mol. The fourth-order valence-electron chi connectivity index (χ4n) is 3.02. The number of alkyl halides is 3. The van der Waals surface area contributed by atoms with Crippen LogP contribution in [-0.2, 0) is 12.7 Å². The van der Waals surface area contributed by atoms with Crippen molar-refractivity contribution in [1.29, 1.82) is 0 Å². The minimum absolute atomic E-state index is 0.0166. The summed E-state index contributed by atoms with van der Waals surface area (Å²) in [4.78, 5) is 2.20. The van der Waals surface area contributed by atoms with Gasteiger partial charge in [-0.2, -0.15) is 13.2 Å². The van der Waals surface area contributed by atoms with E-state index >= 15 is 0 Å². The highest BCUT2D eigenvalue weighted by Gasteiger charge is 2.36. The van der Waals surface area contributed by atoms with Gasteiger partial charge < -0.3 is 5.73 Å². The Morgan fingerprint density at radius 1 is 1.15 bits per heavy atom. The standard InChI is InChI=1S/C15H21F3N2/c1-20(14(11-19)8-2-3-9-14)10-12-4-6-13(7-5-12)15(16,17)18/h4-7H,2-3,8-11,19H2,1H3. The number of hydrogen-bond acceptors (Lipinski definition) is 2. The molecule has 1 aliphatic rings. The fraction of sp³-hybridized carbons (Fsp3) is 0.600. The summed E-state index contributed by atoms with van der Waals surface area (Å²) in [5.74, 6) is 0. The van der Waals surface area contributed by atoms with Crippen LogP contribution < -0.4 is 5.73 Å². The molecule has 0 amide bonds. The van der Waals surface area contributed by atoms with Crippen molar-refractivity contribution in [2.45, 2.75) is 43.9 Å². The van der Waals surface area contributed by atoms with Gasteiger partial charge >= 0.3 is 6.18 Å². The highest BCUT2D eigenvalue weighted by molar-refractivity contribution is 5.24. The summed E-state index contributed by atoms with van der Waals surface area (Å²) in [6, 6.07) is 5.40. The summed E-state index contributed by atoms with van der Waals surface area (Å²) in [6.07, 6.45) is 0.221. The molecule has 1 aromatic rings. The predicted octanol–water partition coefficient (Wildman–Crippen LogP) is 3.41. The maximum atomic E-state index is 12.5. The summed E-state index contributed by atoms with van der Waals surface area (Å²) in [5, 5.41) is 0. The number of nitrogens with two attached hydrogens (primary N) is 1. The predicted molar refractivity (Wildman–Crippen MR) is 73.2 cm³/mol. The Hall–Kier alpha value is -1.07. The minimum atomic E-state index is -4.27. The van der Waals surface area contributed by atoms with Crippen LogP contribution in [0.3, 0.4) is 0 Å². The van der Waals surface area contributed by atoms with Crippen molar-refractivity contribution in [2.24, 2.45) is 5.73 Å². The van der Waals surface area contributed by atoms with Crippen molar-refractivity contribution in [1.82, 2.24) is 4.90 Å². The van der Waals surface area contributed by atoms with Crippen LogP contribution in [0, 0.1) is 0 Å². The zero-order valence-corrected chi connectivity index (χ0v) is 11.7. The Kier molecular flexibility index (Phi) is 4.39. The zero-order valence-electron chi connectivity index (χ0n) is 11.7. The molecule has 0 heterocycles.